The van der Waals surface area contributed by atoms with Crippen LogP contribution in [0.4, 0.5) is 0 Å². The van der Waals surface area contributed by atoms with Crippen molar-refractivity contribution in [2.75, 3.05) is 0 Å². The van der Waals surface area contributed by atoms with E-state index in [4.69, 9.17) is 14.4 Å². The Labute approximate surface area is 295 Å². The Morgan fingerprint density at radius 2 is 1.10 bits per heavy atom. The standard InChI is InChI=1S/C47H31N3O/c1-2-11-30(12-3-1)32-21-24-33(25-22-32)45-48-46(35-26-23-31-13-4-5-14-34(31)29-35)50-47(49-45)40-28-27-38(36-15-6-7-16-37(36)40)39-18-10-20-43-44(39)41-17-8-9-19-42(41)51-43/h1-29,46H,(H,48,49,50). The number of amidine groups is 2. The number of rotatable bonds is 5. The van der Waals surface area contributed by atoms with Crippen molar-refractivity contribution in [3.63, 3.8) is 0 Å². The number of furan rings is 1. The van der Waals surface area contributed by atoms with Crippen LogP contribution in [-0.2, 0) is 0 Å². The average molecular weight is 654 g/mol. The van der Waals surface area contributed by atoms with Crippen LogP contribution in [0.25, 0.3) is 65.7 Å². The topological polar surface area (TPSA) is 49.9 Å². The fourth-order valence-corrected chi connectivity index (χ4v) is 7.44. The van der Waals surface area contributed by atoms with Crippen LogP contribution in [0, 0.1) is 0 Å². The van der Waals surface area contributed by atoms with Gasteiger partial charge in [-0.25, -0.2) is 9.98 Å². The van der Waals surface area contributed by atoms with Crippen molar-refractivity contribution in [2.45, 2.75) is 6.17 Å². The lowest BCUT2D eigenvalue weighted by Gasteiger charge is -2.24. The summed E-state index contributed by atoms with van der Waals surface area (Å²) in [6.07, 6.45) is -0.324. The number of nitrogens with one attached hydrogen (secondary N) is 1. The van der Waals surface area contributed by atoms with Gasteiger partial charge in [-0.15, -0.1) is 0 Å². The van der Waals surface area contributed by atoms with E-state index in [9.17, 15) is 0 Å². The largest absolute Gasteiger partial charge is 0.456 e. The highest BCUT2D eigenvalue weighted by Gasteiger charge is 2.23. The first-order valence-corrected chi connectivity index (χ1v) is 17.3. The molecule has 0 radical (unpaired) electrons. The van der Waals surface area contributed by atoms with Gasteiger partial charge in [0.15, 0.2) is 5.84 Å². The molecule has 0 saturated heterocycles. The first-order chi connectivity index (χ1) is 25.3. The van der Waals surface area contributed by atoms with Crippen molar-refractivity contribution in [1.82, 2.24) is 5.32 Å². The minimum Gasteiger partial charge on any atom is -0.456 e. The van der Waals surface area contributed by atoms with Crippen LogP contribution >= 0.6 is 0 Å². The van der Waals surface area contributed by atoms with E-state index in [-0.39, 0.29) is 6.17 Å². The Hall–Kier alpha value is -6.78. The summed E-state index contributed by atoms with van der Waals surface area (Å²) in [5.74, 6) is 1.49. The molecule has 1 aliphatic heterocycles. The molecule has 4 heteroatoms. The molecule has 9 aromatic rings. The number of benzene rings is 8. The molecule has 0 saturated carbocycles. The van der Waals surface area contributed by atoms with E-state index in [1.165, 1.54) is 16.3 Å². The van der Waals surface area contributed by atoms with E-state index in [2.05, 4.69) is 163 Å². The molecule has 1 aromatic heterocycles. The van der Waals surface area contributed by atoms with Gasteiger partial charge < -0.3 is 9.73 Å². The van der Waals surface area contributed by atoms with E-state index >= 15 is 0 Å². The second kappa shape index (κ2) is 12.0. The van der Waals surface area contributed by atoms with Gasteiger partial charge in [-0.2, -0.15) is 0 Å². The van der Waals surface area contributed by atoms with Crippen molar-refractivity contribution < 1.29 is 4.42 Å². The number of hydrogen-bond acceptors (Lipinski definition) is 4. The second-order valence-electron chi connectivity index (χ2n) is 13.0. The lowest BCUT2D eigenvalue weighted by atomic mass is 9.92. The minimum absolute atomic E-state index is 0.324. The molecular formula is C47H31N3O. The molecule has 1 N–H and O–H groups in total. The summed E-state index contributed by atoms with van der Waals surface area (Å²) in [5, 5.41) is 10.5. The molecule has 240 valence electrons. The molecule has 10 rings (SSSR count). The summed E-state index contributed by atoms with van der Waals surface area (Å²) in [6, 6.07) is 61.6. The zero-order valence-corrected chi connectivity index (χ0v) is 27.6. The second-order valence-corrected chi connectivity index (χ2v) is 13.0. The predicted molar refractivity (Wildman–Crippen MR) is 211 cm³/mol. The Morgan fingerprint density at radius 3 is 1.94 bits per heavy atom. The molecule has 1 atom stereocenters. The lowest BCUT2D eigenvalue weighted by Crippen LogP contribution is -2.33. The lowest BCUT2D eigenvalue weighted by molar-refractivity contribution is 0.669. The summed E-state index contributed by atoms with van der Waals surface area (Å²) in [5.41, 5.74) is 9.49. The van der Waals surface area contributed by atoms with Gasteiger partial charge in [0.05, 0.1) is 0 Å². The van der Waals surface area contributed by atoms with Gasteiger partial charge in [-0.05, 0) is 73.6 Å². The number of para-hydroxylation sites is 1. The molecule has 0 amide bonds. The van der Waals surface area contributed by atoms with Crippen LogP contribution in [0.2, 0.25) is 0 Å². The third-order valence-corrected chi connectivity index (χ3v) is 9.95. The highest BCUT2D eigenvalue weighted by molar-refractivity contribution is 6.21. The minimum atomic E-state index is -0.324. The summed E-state index contributed by atoms with van der Waals surface area (Å²) in [6.45, 7) is 0. The van der Waals surface area contributed by atoms with Gasteiger partial charge in [0, 0.05) is 21.9 Å². The van der Waals surface area contributed by atoms with Gasteiger partial charge >= 0.3 is 0 Å². The summed E-state index contributed by atoms with van der Waals surface area (Å²) < 4.78 is 6.27. The molecule has 0 fully saturated rings. The third-order valence-electron chi connectivity index (χ3n) is 9.95. The van der Waals surface area contributed by atoms with Crippen molar-refractivity contribution in [3.8, 4) is 22.3 Å². The van der Waals surface area contributed by atoms with Crippen LogP contribution in [0.15, 0.2) is 190 Å². The predicted octanol–water partition coefficient (Wildman–Crippen LogP) is 11.7. The van der Waals surface area contributed by atoms with Crippen LogP contribution in [0.5, 0.6) is 0 Å². The third kappa shape index (κ3) is 5.08. The first-order valence-electron chi connectivity index (χ1n) is 17.3. The molecule has 2 heterocycles. The Morgan fingerprint density at radius 1 is 0.451 bits per heavy atom. The zero-order valence-electron chi connectivity index (χ0n) is 27.6. The first kappa shape index (κ1) is 29.2. The Balaban J connectivity index is 1.13. The van der Waals surface area contributed by atoms with Crippen molar-refractivity contribution in [3.05, 3.63) is 193 Å². The molecule has 0 bridgehead atoms. The quantitative estimate of drug-likeness (QED) is 0.201. The molecule has 8 aromatic carbocycles. The van der Waals surface area contributed by atoms with E-state index < -0.39 is 0 Å². The maximum Gasteiger partial charge on any atom is 0.160 e. The van der Waals surface area contributed by atoms with Crippen molar-refractivity contribution in [2.24, 2.45) is 9.98 Å². The number of fused-ring (bicyclic) bond motifs is 5. The van der Waals surface area contributed by atoms with Crippen molar-refractivity contribution in [1.29, 1.82) is 0 Å². The summed E-state index contributed by atoms with van der Waals surface area (Å²) >= 11 is 0. The maximum atomic E-state index is 6.27. The molecule has 1 unspecified atom stereocenters. The molecule has 0 spiro atoms. The molecule has 4 nitrogen and oxygen atoms in total. The Kier molecular flexibility index (Phi) is 6.85. The SMILES string of the molecule is c1ccc(-c2ccc(C3=NC(c4ccc(-c5cccc6oc7ccccc7c56)c5ccccc45)=NC(c4ccc5ccccc5c4)N3)cc2)cc1. The average Bonchev–Trinajstić information content (AvgIpc) is 3.60. The molecule has 0 aliphatic carbocycles. The number of aliphatic imine (C=N–C) groups is 2. The van der Waals surface area contributed by atoms with Gasteiger partial charge in [0.1, 0.15) is 23.2 Å². The highest BCUT2D eigenvalue weighted by Crippen LogP contribution is 2.40. The monoisotopic (exact) mass is 653 g/mol. The van der Waals surface area contributed by atoms with Crippen molar-refractivity contribution >= 4 is 55.2 Å². The van der Waals surface area contributed by atoms with E-state index in [1.807, 2.05) is 18.2 Å². The van der Waals surface area contributed by atoms with E-state index in [0.717, 1.165) is 71.9 Å². The summed E-state index contributed by atoms with van der Waals surface area (Å²) in [7, 11) is 0. The maximum absolute atomic E-state index is 6.27. The van der Waals surface area contributed by atoms with Gasteiger partial charge in [0.2, 0.25) is 0 Å². The van der Waals surface area contributed by atoms with Crippen LogP contribution in [0.3, 0.4) is 0 Å². The normalized spacial score (nSPS) is 14.5. The zero-order chi connectivity index (χ0) is 33.7. The van der Waals surface area contributed by atoms with Gasteiger partial charge in [-0.1, -0.05) is 152 Å². The van der Waals surface area contributed by atoms with Crippen LogP contribution in [-0.4, -0.2) is 11.7 Å². The molecular weight excluding hydrogens is 623 g/mol. The fourth-order valence-electron chi connectivity index (χ4n) is 7.44. The number of nitrogens with zero attached hydrogens (tertiary/aromatic N) is 2. The van der Waals surface area contributed by atoms with E-state index in [1.54, 1.807) is 0 Å². The smallest absolute Gasteiger partial charge is 0.160 e. The highest BCUT2D eigenvalue weighted by atomic mass is 16.3. The fraction of sp³-hybridized carbons (Fsp3) is 0.0213. The molecule has 1 aliphatic rings. The van der Waals surface area contributed by atoms with Crippen LogP contribution < -0.4 is 5.32 Å². The Bertz CT molecular complexity index is 2830. The van der Waals surface area contributed by atoms with Crippen LogP contribution in [0.1, 0.15) is 22.9 Å². The van der Waals surface area contributed by atoms with Gasteiger partial charge in [0.25, 0.3) is 0 Å². The van der Waals surface area contributed by atoms with Gasteiger partial charge in [-0.3, -0.25) is 0 Å². The molecule has 51 heavy (non-hydrogen) atoms. The summed E-state index contributed by atoms with van der Waals surface area (Å²) in [4.78, 5) is 10.5. The number of hydrogen-bond donors (Lipinski definition) is 1. The van der Waals surface area contributed by atoms with E-state index in [0.29, 0.717) is 5.84 Å².